The van der Waals surface area contributed by atoms with Gasteiger partial charge in [0.15, 0.2) is 0 Å². The highest BCUT2D eigenvalue weighted by atomic mass is 79.9. The lowest BCUT2D eigenvalue weighted by atomic mass is 10.1. The van der Waals surface area contributed by atoms with Gasteiger partial charge in [-0.25, -0.2) is 0 Å². The molecule has 0 unspecified atom stereocenters. The summed E-state index contributed by atoms with van der Waals surface area (Å²) in [6.07, 6.45) is 2.15. The van der Waals surface area contributed by atoms with Gasteiger partial charge in [-0.1, -0.05) is 45.7 Å². The maximum atomic E-state index is 3.61. The lowest BCUT2D eigenvalue weighted by Gasteiger charge is -2.07. The van der Waals surface area contributed by atoms with Gasteiger partial charge in [0.05, 0.1) is 0 Å². The maximum absolute atomic E-state index is 3.61. The molecule has 0 saturated carbocycles. The van der Waals surface area contributed by atoms with Gasteiger partial charge in [0.1, 0.15) is 0 Å². The molecule has 0 N–H and O–H groups in total. The van der Waals surface area contributed by atoms with E-state index in [0.717, 1.165) is 12.8 Å². The Morgan fingerprint density at radius 2 is 1.42 bits per heavy atom. The topological polar surface area (TPSA) is 0 Å². The Morgan fingerprint density at radius 1 is 1.00 bits per heavy atom. The molecule has 0 bridgehead atoms. The van der Waals surface area contributed by atoms with Crippen LogP contribution in [0.25, 0.3) is 0 Å². The Balaban J connectivity index is 3.22. The molecular weight excluding hydrogens is 280 g/mol. The monoisotopic (exact) mass is 290 g/mol. The van der Waals surface area contributed by atoms with Gasteiger partial charge in [-0.05, 0) is 36.1 Å². The third kappa shape index (κ3) is 2.11. The predicted molar refractivity (Wildman–Crippen MR) is 60.6 cm³/mol. The minimum Gasteiger partial charge on any atom is -0.0613 e. The molecule has 1 aromatic rings. The third-order valence-electron chi connectivity index (χ3n) is 1.95. The zero-order valence-electron chi connectivity index (χ0n) is 7.32. The van der Waals surface area contributed by atoms with E-state index in [1.54, 1.807) is 0 Å². The van der Waals surface area contributed by atoms with Crippen molar-refractivity contribution >= 4 is 31.9 Å². The highest BCUT2D eigenvalue weighted by molar-refractivity contribution is 9.11. The molecule has 0 heterocycles. The molecular formula is C10H12Br2. The van der Waals surface area contributed by atoms with Crippen molar-refractivity contribution in [1.82, 2.24) is 0 Å². The van der Waals surface area contributed by atoms with Crippen molar-refractivity contribution < 1.29 is 0 Å². The van der Waals surface area contributed by atoms with Gasteiger partial charge in [-0.3, -0.25) is 0 Å². The predicted octanol–water partition coefficient (Wildman–Crippen LogP) is 4.34. The lowest BCUT2D eigenvalue weighted by molar-refractivity contribution is 1.06. The van der Waals surface area contributed by atoms with E-state index in [9.17, 15) is 0 Å². The van der Waals surface area contributed by atoms with Crippen LogP contribution in [0.5, 0.6) is 0 Å². The van der Waals surface area contributed by atoms with E-state index in [2.05, 4.69) is 57.8 Å². The highest BCUT2D eigenvalue weighted by Crippen LogP contribution is 2.27. The molecule has 1 aromatic carbocycles. The second-order valence-corrected chi connectivity index (χ2v) is 4.45. The van der Waals surface area contributed by atoms with E-state index in [1.807, 2.05) is 0 Å². The fraction of sp³-hybridized carbons (Fsp3) is 0.400. The standard InChI is InChI=1S/C10H12Br2/c1-3-7-5-9(11)6-8(4-2)10(7)12/h5-6H,3-4H2,1-2H3. The fourth-order valence-corrected chi connectivity index (χ4v) is 2.56. The minimum atomic E-state index is 1.08. The second-order valence-electron chi connectivity index (χ2n) is 2.75. The molecule has 12 heavy (non-hydrogen) atoms. The van der Waals surface area contributed by atoms with Gasteiger partial charge in [-0.2, -0.15) is 0 Å². The third-order valence-corrected chi connectivity index (χ3v) is 3.43. The van der Waals surface area contributed by atoms with Crippen molar-refractivity contribution in [1.29, 1.82) is 0 Å². The van der Waals surface area contributed by atoms with Crippen molar-refractivity contribution in [2.45, 2.75) is 26.7 Å². The Morgan fingerprint density at radius 3 is 1.75 bits per heavy atom. The Hall–Kier alpha value is 0.180. The summed E-state index contributed by atoms with van der Waals surface area (Å²) in [6.45, 7) is 4.35. The zero-order valence-corrected chi connectivity index (χ0v) is 10.5. The maximum Gasteiger partial charge on any atom is 0.0239 e. The van der Waals surface area contributed by atoms with E-state index in [0.29, 0.717) is 0 Å². The van der Waals surface area contributed by atoms with Crippen LogP contribution in [-0.4, -0.2) is 0 Å². The van der Waals surface area contributed by atoms with Crippen molar-refractivity contribution in [2.75, 3.05) is 0 Å². The average Bonchev–Trinajstić information content (AvgIpc) is 2.08. The summed E-state index contributed by atoms with van der Waals surface area (Å²) < 4.78 is 2.45. The second kappa shape index (κ2) is 4.43. The van der Waals surface area contributed by atoms with Gasteiger partial charge >= 0.3 is 0 Å². The Labute approximate surface area is 90.6 Å². The van der Waals surface area contributed by atoms with Crippen LogP contribution in [0.3, 0.4) is 0 Å². The van der Waals surface area contributed by atoms with Gasteiger partial charge < -0.3 is 0 Å². The summed E-state index contributed by atoms with van der Waals surface area (Å²) in [5.74, 6) is 0. The van der Waals surface area contributed by atoms with Crippen LogP contribution in [0.2, 0.25) is 0 Å². The quantitative estimate of drug-likeness (QED) is 0.760. The number of hydrogen-bond acceptors (Lipinski definition) is 0. The molecule has 66 valence electrons. The summed E-state index contributed by atoms with van der Waals surface area (Å²) >= 11 is 7.12. The molecule has 0 radical (unpaired) electrons. The van der Waals surface area contributed by atoms with Gasteiger partial charge in [0.2, 0.25) is 0 Å². The summed E-state index contributed by atoms with van der Waals surface area (Å²) in [7, 11) is 0. The summed E-state index contributed by atoms with van der Waals surface area (Å²) in [4.78, 5) is 0. The van der Waals surface area contributed by atoms with Crippen molar-refractivity contribution in [2.24, 2.45) is 0 Å². The molecule has 0 aliphatic rings. The van der Waals surface area contributed by atoms with Gasteiger partial charge in [0.25, 0.3) is 0 Å². The lowest BCUT2D eigenvalue weighted by Crippen LogP contribution is -1.89. The van der Waals surface area contributed by atoms with E-state index in [4.69, 9.17) is 0 Å². The average molecular weight is 292 g/mol. The van der Waals surface area contributed by atoms with Gasteiger partial charge in [-0.15, -0.1) is 0 Å². The molecule has 0 fully saturated rings. The number of rotatable bonds is 2. The Kier molecular flexibility index (Phi) is 3.78. The number of halogens is 2. The highest BCUT2D eigenvalue weighted by Gasteiger charge is 2.04. The number of hydrogen-bond donors (Lipinski definition) is 0. The van der Waals surface area contributed by atoms with Crippen molar-refractivity contribution in [3.8, 4) is 0 Å². The molecule has 0 amide bonds. The minimum absolute atomic E-state index is 1.08. The van der Waals surface area contributed by atoms with E-state index in [1.165, 1.54) is 20.1 Å². The molecule has 0 atom stereocenters. The first-order valence-corrected chi connectivity index (χ1v) is 5.74. The van der Waals surface area contributed by atoms with E-state index >= 15 is 0 Å². The molecule has 0 nitrogen and oxygen atoms in total. The first-order valence-electron chi connectivity index (χ1n) is 4.15. The molecule has 0 saturated heterocycles. The van der Waals surface area contributed by atoms with Crippen molar-refractivity contribution in [3.05, 3.63) is 32.2 Å². The fourth-order valence-electron chi connectivity index (χ4n) is 1.22. The van der Waals surface area contributed by atoms with Crippen LogP contribution in [0.1, 0.15) is 25.0 Å². The molecule has 0 aromatic heterocycles. The van der Waals surface area contributed by atoms with Crippen LogP contribution >= 0.6 is 31.9 Å². The Bertz CT molecular complexity index is 254. The zero-order chi connectivity index (χ0) is 9.14. The first-order chi connectivity index (χ1) is 5.69. The van der Waals surface area contributed by atoms with Crippen molar-refractivity contribution in [3.63, 3.8) is 0 Å². The summed E-state index contributed by atoms with van der Waals surface area (Å²) in [6, 6.07) is 4.34. The molecule has 2 heteroatoms. The van der Waals surface area contributed by atoms with Crippen LogP contribution in [0.15, 0.2) is 21.1 Å². The molecule has 1 rings (SSSR count). The van der Waals surface area contributed by atoms with Crippen LogP contribution in [0, 0.1) is 0 Å². The number of benzene rings is 1. The molecule has 0 aliphatic carbocycles. The van der Waals surface area contributed by atoms with Crippen LogP contribution in [0.4, 0.5) is 0 Å². The van der Waals surface area contributed by atoms with E-state index < -0.39 is 0 Å². The summed E-state index contributed by atoms with van der Waals surface area (Å²) in [5.41, 5.74) is 2.75. The smallest absolute Gasteiger partial charge is 0.0239 e. The largest absolute Gasteiger partial charge is 0.0613 e. The van der Waals surface area contributed by atoms with Gasteiger partial charge in [0, 0.05) is 8.95 Å². The van der Waals surface area contributed by atoms with E-state index in [-0.39, 0.29) is 0 Å². The normalized spacial score (nSPS) is 10.3. The summed E-state index contributed by atoms with van der Waals surface area (Å²) in [5, 5.41) is 0. The SMILES string of the molecule is CCc1cc(Br)cc(CC)c1Br. The number of aryl methyl sites for hydroxylation is 2. The van der Waals surface area contributed by atoms with Crippen LogP contribution < -0.4 is 0 Å². The first kappa shape index (κ1) is 10.3. The molecule has 0 aliphatic heterocycles. The van der Waals surface area contributed by atoms with Crippen LogP contribution in [-0.2, 0) is 12.8 Å². The molecule has 0 spiro atoms.